The van der Waals surface area contributed by atoms with Gasteiger partial charge in [0.25, 0.3) is 0 Å². The molecule has 144 valence electrons. The summed E-state index contributed by atoms with van der Waals surface area (Å²) in [6.45, 7) is 1.88. The number of nitrogens with one attached hydrogen (secondary N) is 2. The van der Waals surface area contributed by atoms with Crippen LogP contribution in [0.15, 0.2) is 24.3 Å². The number of benzene rings is 1. The van der Waals surface area contributed by atoms with Crippen molar-refractivity contribution in [3.63, 3.8) is 0 Å². The summed E-state index contributed by atoms with van der Waals surface area (Å²) >= 11 is 0. The van der Waals surface area contributed by atoms with Gasteiger partial charge in [0.2, 0.25) is 11.8 Å². The van der Waals surface area contributed by atoms with E-state index in [1.54, 1.807) is 19.1 Å². The predicted octanol–water partition coefficient (Wildman–Crippen LogP) is 1.89. The van der Waals surface area contributed by atoms with Gasteiger partial charge in [-0.25, -0.2) is 0 Å². The number of rotatable bonds is 4. The van der Waals surface area contributed by atoms with Gasteiger partial charge in [-0.3, -0.25) is 9.59 Å². The van der Waals surface area contributed by atoms with Crippen molar-refractivity contribution in [1.82, 2.24) is 15.5 Å². The molecule has 1 aromatic rings. The molecule has 3 rings (SSSR count). The third-order valence-corrected chi connectivity index (χ3v) is 5.34. The van der Waals surface area contributed by atoms with E-state index in [9.17, 15) is 9.59 Å². The molecule has 0 aliphatic carbocycles. The molecule has 2 heterocycles. The fourth-order valence-corrected chi connectivity index (χ4v) is 3.84. The van der Waals surface area contributed by atoms with Crippen LogP contribution < -0.4 is 15.4 Å². The van der Waals surface area contributed by atoms with Gasteiger partial charge in [0.1, 0.15) is 5.75 Å². The fourth-order valence-electron chi connectivity index (χ4n) is 3.84. The molecule has 6 nitrogen and oxygen atoms in total. The molecule has 0 aromatic heterocycles. The molecule has 2 aliphatic heterocycles. The van der Waals surface area contributed by atoms with Crippen LogP contribution in [0.1, 0.15) is 37.3 Å². The molecule has 2 saturated heterocycles. The minimum atomic E-state index is -0.228. The first-order chi connectivity index (χ1) is 12.1. The van der Waals surface area contributed by atoms with Crippen molar-refractivity contribution in [3.05, 3.63) is 29.8 Å². The maximum atomic E-state index is 12.9. The highest BCUT2D eigenvalue weighted by Gasteiger charge is 2.39. The van der Waals surface area contributed by atoms with Crippen molar-refractivity contribution in [3.8, 4) is 5.75 Å². The first-order valence-corrected chi connectivity index (χ1v) is 9.01. The Morgan fingerprint density at radius 3 is 2.46 bits per heavy atom. The molecule has 2 aliphatic rings. The molecule has 7 heteroatoms. The quantitative estimate of drug-likeness (QED) is 0.835. The molecule has 26 heavy (non-hydrogen) atoms. The van der Waals surface area contributed by atoms with E-state index in [1.165, 1.54) is 0 Å². The predicted molar refractivity (Wildman–Crippen MR) is 103 cm³/mol. The number of piperidine rings is 2. The second-order valence-electron chi connectivity index (χ2n) is 6.90. The highest BCUT2D eigenvalue weighted by Crippen LogP contribution is 2.36. The van der Waals surface area contributed by atoms with Gasteiger partial charge in [-0.15, -0.1) is 12.4 Å². The van der Waals surface area contributed by atoms with Gasteiger partial charge in [0.05, 0.1) is 19.1 Å². The second-order valence-corrected chi connectivity index (χ2v) is 6.90. The second kappa shape index (κ2) is 9.24. The number of methoxy groups -OCH3 is 1. The minimum Gasteiger partial charge on any atom is -0.497 e. The number of carbonyl (C=O) groups excluding carboxylic acids is 2. The zero-order chi connectivity index (χ0) is 17.8. The van der Waals surface area contributed by atoms with Crippen LogP contribution in [0.4, 0.5) is 0 Å². The minimum absolute atomic E-state index is 0. The number of halogens is 1. The van der Waals surface area contributed by atoms with Gasteiger partial charge >= 0.3 is 0 Å². The molecular formula is C19H28ClN3O3. The van der Waals surface area contributed by atoms with Crippen molar-refractivity contribution in [2.45, 2.75) is 37.8 Å². The molecular weight excluding hydrogens is 354 g/mol. The molecule has 0 spiro atoms. The monoisotopic (exact) mass is 381 g/mol. The Labute approximate surface area is 161 Å². The van der Waals surface area contributed by atoms with Crippen LogP contribution in [-0.2, 0) is 9.59 Å². The highest BCUT2D eigenvalue weighted by molar-refractivity contribution is 5.85. The van der Waals surface area contributed by atoms with Crippen LogP contribution in [0, 0.1) is 5.92 Å². The first kappa shape index (κ1) is 20.5. The number of likely N-dealkylation sites (tertiary alicyclic amines) is 1. The molecule has 2 unspecified atom stereocenters. The Balaban J connectivity index is 0.00000243. The fraction of sp³-hybridized carbons (Fsp3) is 0.579. The zero-order valence-corrected chi connectivity index (χ0v) is 16.2. The molecule has 2 N–H and O–H groups in total. The van der Waals surface area contributed by atoms with Gasteiger partial charge in [-0.2, -0.15) is 0 Å². The molecule has 2 amide bonds. The standard InChI is InChI=1S/C19H27N3O3.ClH/c1-22-17(23)8-7-16(19(24)21-14-9-11-20-12-10-14)18(22)13-3-5-15(25-2)6-4-13;/h3-6,14,16,18,20H,7-12H2,1-2H3,(H,21,24);1H. The van der Waals surface area contributed by atoms with E-state index >= 15 is 0 Å². The van der Waals surface area contributed by atoms with Crippen LogP contribution in [0.2, 0.25) is 0 Å². The lowest BCUT2D eigenvalue weighted by atomic mass is 9.83. The van der Waals surface area contributed by atoms with Crippen molar-refractivity contribution in [2.24, 2.45) is 5.92 Å². The van der Waals surface area contributed by atoms with E-state index in [2.05, 4.69) is 10.6 Å². The first-order valence-electron chi connectivity index (χ1n) is 9.01. The van der Waals surface area contributed by atoms with E-state index in [0.29, 0.717) is 12.8 Å². The summed E-state index contributed by atoms with van der Waals surface area (Å²) in [7, 11) is 3.42. The normalized spacial score (nSPS) is 23.9. The third-order valence-electron chi connectivity index (χ3n) is 5.34. The van der Waals surface area contributed by atoms with E-state index in [1.807, 2.05) is 24.3 Å². The van der Waals surface area contributed by atoms with E-state index in [-0.39, 0.29) is 42.2 Å². The van der Waals surface area contributed by atoms with Crippen molar-refractivity contribution < 1.29 is 14.3 Å². The summed E-state index contributed by atoms with van der Waals surface area (Å²) in [5, 5.41) is 6.51. The average Bonchev–Trinajstić information content (AvgIpc) is 2.64. The number of hydrogen-bond acceptors (Lipinski definition) is 4. The summed E-state index contributed by atoms with van der Waals surface area (Å²) in [5.74, 6) is 0.703. The van der Waals surface area contributed by atoms with E-state index in [0.717, 1.165) is 37.2 Å². The van der Waals surface area contributed by atoms with Gasteiger partial charge < -0.3 is 20.3 Å². The van der Waals surface area contributed by atoms with Crippen LogP contribution in [0.5, 0.6) is 5.75 Å². The largest absolute Gasteiger partial charge is 0.497 e. The highest BCUT2D eigenvalue weighted by atomic mass is 35.5. The molecule has 0 saturated carbocycles. The molecule has 1 aromatic carbocycles. The molecule has 2 fully saturated rings. The summed E-state index contributed by atoms with van der Waals surface area (Å²) < 4.78 is 5.21. The number of hydrogen-bond donors (Lipinski definition) is 2. The Hall–Kier alpha value is -1.79. The van der Waals surface area contributed by atoms with Crippen LogP contribution in [0.25, 0.3) is 0 Å². The van der Waals surface area contributed by atoms with Crippen molar-refractivity contribution in [2.75, 3.05) is 27.2 Å². The lowest BCUT2D eigenvalue weighted by Gasteiger charge is -2.39. The number of carbonyl (C=O) groups is 2. The Bertz CT molecular complexity index is 617. The van der Waals surface area contributed by atoms with Crippen LogP contribution >= 0.6 is 12.4 Å². The zero-order valence-electron chi connectivity index (χ0n) is 15.4. The number of amides is 2. The SMILES string of the molecule is COc1ccc(C2C(C(=O)NC3CCNCC3)CCC(=O)N2C)cc1.Cl. The Kier molecular flexibility index (Phi) is 7.29. The van der Waals surface area contributed by atoms with Gasteiger partial charge in [0.15, 0.2) is 0 Å². The summed E-state index contributed by atoms with van der Waals surface area (Å²) in [6.07, 6.45) is 2.94. The maximum absolute atomic E-state index is 12.9. The molecule has 2 atom stereocenters. The summed E-state index contributed by atoms with van der Waals surface area (Å²) in [4.78, 5) is 26.9. The van der Waals surface area contributed by atoms with Gasteiger partial charge in [0, 0.05) is 19.5 Å². The lowest BCUT2D eigenvalue weighted by molar-refractivity contribution is -0.142. The van der Waals surface area contributed by atoms with Crippen molar-refractivity contribution in [1.29, 1.82) is 0 Å². The van der Waals surface area contributed by atoms with E-state index < -0.39 is 0 Å². The molecule has 0 bridgehead atoms. The van der Waals surface area contributed by atoms with Crippen molar-refractivity contribution >= 4 is 24.2 Å². The van der Waals surface area contributed by atoms with E-state index in [4.69, 9.17) is 4.74 Å². The maximum Gasteiger partial charge on any atom is 0.225 e. The van der Waals surface area contributed by atoms with Crippen LogP contribution in [0.3, 0.4) is 0 Å². The van der Waals surface area contributed by atoms with Gasteiger partial charge in [-0.1, -0.05) is 12.1 Å². The Morgan fingerprint density at radius 2 is 1.85 bits per heavy atom. The van der Waals surface area contributed by atoms with Gasteiger partial charge in [-0.05, 0) is 50.0 Å². The Morgan fingerprint density at radius 1 is 1.19 bits per heavy atom. The third kappa shape index (κ3) is 4.48. The van der Waals surface area contributed by atoms with Crippen LogP contribution in [-0.4, -0.2) is 50.0 Å². The molecule has 0 radical (unpaired) electrons. The average molecular weight is 382 g/mol. The summed E-state index contributed by atoms with van der Waals surface area (Å²) in [5.41, 5.74) is 0.974. The number of nitrogens with zero attached hydrogens (tertiary/aromatic N) is 1. The number of ether oxygens (including phenoxy) is 1. The topological polar surface area (TPSA) is 70.7 Å². The summed E-state index contributed by atoms with van der Waals surface area (Å²) in [6, 6.07) is 7.66. The smallest absolute Gasteiger partial charge is 0.225 e. The lowest BCUT2D eigenvalue weighted by Crippen LogP contribution is -2.50.